The molecule has 1 amide bonds. The van der Waals surface area contributed by atoms with Crippen LogP contribution in [0.15, 0.2) is 29.2 Å². The number of thioether (sulfide) groups is 1. The second-order valence-corrected chi connectivity index (χ2v) is 8.92. The molecule has 0 aliphatic carbocycles. The Morgan fingerprint density at radius 1 is 1.00 bits per heavy atom. The molecule has 8 heteroatoms. The first kappa shape index (κ1) is 24.2. The van der Waals surface area contributed by atoms with Crippen LogP contribution in [0.1, 0.15) is 38.2 Å². The van der Waals surface area contributed by atoms with Crippen molar-refractivity contribution >= 4 is 29.6 Å². The predicted molar refractivity (Wildman–Crippen MR) is 116 cm³/mol. The number of carbonyl (C=O) groups excluding carboxylic acids is 1. The summed E-state index contributed by atoms with van der Waals surface area (Å²) in [6, 6.07) is 8.87. The number of nitrogens with zero attached hydrogens (tertiary/aromatic N) is 2. The van der Waals surface area contributed by atoms with E-state index in [2.05, 4.69) is 47.2 Å². The van der Waals surface area contributed by atoms with Gasteiger partial charge in [0.15, 0.2) is 0 Å². The van der Waals surface area contributed by atoms with Gasteiger partial charge in [-0.15, -0.1) is 11.8 Å². The van der Waals surface area contributed by atoms with Gasteiger partial charge >= 0.3 is 11.9 Å². The van der Waals surface area contributed by atoms with Gasteiger partial charge in [0.05, 0.1) is 0 Å². The van der Waals surface area contributed by atoms with Crippen molar-refractivity contribution in [2.45, 2.75) is 44.0 Å². The minimum atomic E-state index is -1.82. The topological polar surface area (TPSA) is 98.2 Å². The third-order valence-electron chi connectivity index (χ3n) is 5.65. The number of piperidine rings is 2. The molecule has 1 aromatic rings. The minimum absolute atomic E-state index is 0.255. The Kier molecular flexibility index (Phi) is 9.65. The fourth-order valence-corrected chi connectivity index (χ4v) is 4.38. The van der Waals surface area contributed by atoms with Gasteiger partial charge in [-0.05, 0) is 68.6 Å². The van der Waals surface area contributed by atoms with Crippen LogP contribution in [0.2, 0.25) is 0 Å². The quantitative estimate of drug-likeness (QED) is 0.553. The van der Waals surface area contributed by atoms with Crippen LogP contribution in [-0.2, 0) is 20.9 Å². The van der Waals surface area contributed by atoms with Gasteiger partial charge in [0, 0.05) is 30.4 Å². The van der Waals surface area contributed by atoms with Crippen LogP contribution in [0.4, 0.5) is 0 Å². The lowest BCUT2D eigenvalue weighted by Gasteiger charge is -2.37. The minimum Gasteiger partial charge on any atom is -0.473 e. The number of hydrogen-bond donors (Lipinski definition) is 2. The first-order chi connectivity index (χ1) is 14.3. The van der Waals surface area contributed by atoms with E-state index < -0.39 is 11.9 Å². The highest BCUT2D eigenvalue weighted by molar-refractivity contribution is 7.98. The zero-order valence-electron chi connectivity index (χ0n) is 17.7. The summed E-state index contributed by atoms with van der Waals surface area (Å²) < 4.78 is 0. The highest BCUT2D eigenvalue weighted by Crippen LogP contribution is 2.24. The van der Waals surface area contributed by atoms with E-state index >= 15 is 0 Å². The molecule has 2 aliphatic rings. The maximum Gasteiger partial charge on any atom is 0.414 e. The second-order valence-electron chi connectivity index (χ2n) is 8.04. The van der Waals surface area contributed by atoms with Gasteiger partial charge in [-0.3, -0.25) is 9.69 Å². The molecule has 0 bridgehead atoms. The standard InChI is InChI=1S/C20H30N2OS.C2H2O4/c1-16-4-3-11-22(14-16)20(23)18-9-12-21(13-10-18)15-17-5-7-19(24-2)8-6-17;3-1(4)2(5)6/h5-8,16,18H,3-4,9-15H2,1-2H3;(H,3,4)(H,5,6). The summed E-state index contributed by atoms with van der Waals surface area (Å²) in [5.74, 6) is -2.30. The molecule has 3 rings (SSSR count). The number of carboxylic acids is 2. The molecule has 2 heterocycles. The van der Waals surface area contributed by atoms with Gasteiger partial charge in [-0.2, -0.15) is 0 Å². The monoisotopic (exact) mass is 436 g/mol. The van der Waals surface area contributed by atoms with E-state index in [9.17, 15) is 4.79 Å². The summed E-state index contributed by atoms with van der Waals surface area (Å²) in [4.78, 5) is 36.9. The number of carboxylic acid groups (broad SMARTS) is 2. The molecule has 0 saturated carbocycles. The van der Waals surface area contributed by atoms with Crippen LogP contribution < -0.4 is 0 Å². The summed E-state index contributed by atoms with van der Waals surface area (Å²) in [6.07, 6.45) is 6.61. The summed E-state index contributed by atoms with van der Waals surface area (Å²) in [5, 5.41) is 14.8. The number of benzene rings is 1. The van der Waals surface area contributed by atoms with E-state index in [1.165, 1.54) is 23.3 Å². The lowest BCUT2D eigenvalue weighted by atomic mass is 9.92. The van der Waals surface area contributed by atoms with Gasteiger partial charge < -0.3 is 15.1 Å². The Morgan fingerprint density at radius 2 is 1.60 bits per heavy atom. The molecular formula is C22H32N2O5S. The third-order valence-corrected chi connectivity index (χ3v) is 6.40. The van der Waals surface area contributed by atoms with Crippen LogP contribution in [0.25, 0.3) is 0 Å². The molecular weight excluding hydrogens is 404 g/mol. The normalized spacial score (nSPS) is 20.2. The fraction of sp³-hybridized carbons (Fsp3) is 0.591. The average molecular weight is 437 g/mol. The van der Waals surface area contributed by atoms with Gasteiger partial charge in [-0.1, -0.05) is 19.1 Å². The number of likely N-dealkylation sites (tertiary alicyclic amines) is 2. The van der Waals surface area contributed by atoms with Gasteiger partial charge in [0.1, 0.15) is 0 Å². The fourth-order valence-electron chi connectivity index (χ4n) is 3.97. The number of carbonyl (C=O) groups is 3. The Bertz CT molecular complexity index is 705. The van der Waals surface area contributed by atoms with Crippen LogP contribution in [0, 0.1) is 11.8 Å². The van der Waals surface area contributed by atoms with Gasteiger partial charge in [0.25, 0.3) is 0 Å². The van der Waals surface area contributed by atoms with Crippen molar-refractivity contribution in [3.8, 4) is 0 Å². The molecule has 2 saturated heterocycles. The van der Waals surface area contributed by atoms with Crippen molar-refractivity contribution in [2.24, 2.45) is 11.8 Å². The summed E-state index contributed by atoms with van der Waals surface area (Å²) >= 11 is 1.78. The van der Waals surface area contributed by atoms with Crippen molar-refractivity contribution < 1.29 is 24.6 Å². The average Bonchev–Trinajstić information content (AvgIpc) is 2.75. The molecule has 30 heavy (non-hydrogen) atoms. The molecule has 7 nitrogen and oxygen atoms in total. The molecule has 1 unspecified atom stereocenters. The summed E-state index contributed by atoms with van der Waals surface area (Å²) in [5.41, 5.74) is 1.38. The molecule has 0 spiro atoms. The summed E-state index contributed by atoms with van der Waals surface area (Å²) in [6.45, 7) is 7.32. The molecule has 2 N–H and O–H groups in total. The Morgan fingerprint density at radius 3 is 2.10 bits per heavy atom. The highest BCUT2D eigenvalue weighted by Gasteiger charge is 2.30. The van der Waals surface area contributed by atoms with E-state index in [1.807, 2.05) is 0 Å². The Labute approximate surface area is 182 Å². The maximum atomic E-state index is 12.7. The van der Waals surface area contributed by atoms with E-state index in [0.29, 0.717) is 11.8 Å². The van der Waals surface area contributed by atoms with E-state index in [4.69, 9.17) is 19.8 Å². The molecule has 2 fully saturated rings. The second kappa shape index (κ2) is 12.0. The van der Waals surface area contributed by atoms with Crippen molar-refractivity contribution in [3.63, 3.8) is 0 Å². The third kappa shape index (κ3) is 7.65. The lowest BCUT2D eigenvalue weighted by Crippen LogP contribution is -2.45. The van der Waals surface area contributed by atoms with E-state index in [-0.39, 0.29) is 5.92 Å². The van der Waals surface area contributed by atoms with E-state index in [0.717, 1.165) is 45.6 Å². The summed E-state index contributed by atoms with van der Waals surface area (Å²) in [7, 11) is 0. The van der Waals surface area contributed by atoms with Crippen LogP contribution in [0.3, 0.4) is 0 Å². The van der Waals surface area contributed by atoms with Crippen LogP contribution in [-0.4, -0.2) is 70.3 Å². The van der Waals surface area contributed by atoms with Crippen LogP contribution in [0.5, 0.6) is 0 Å². The molecule has 1 atom stereocenters. The molecule has 0 aromatic heterocycles. The lowest BCUT2D eigenvalue weighted by molar-refractivity contribution is -0.159. The zero-order chi connectivity index (χ0) is 22.1. The SMILES string of the molecule is CSc1ccc(CN2CCC(C(=O)N3CCCC(C)C3)CC2)cc1.O=C(O)C(=O)O. The molecule has 0 radical (unpaired) electrons. The zero-order valence-corrected chi connectivity index (χ0v) is 18.6. The smallest absolute Gasteiger partial charge is 0.414 e. The first-order valence-corrected chi connectivity index (χ1v) is 11.6. The van der Waals surface area contributed by atoms with Crippen molar-refractivity contribution in [2.75, 3.05) is 32.4 Å². The number of aliphatic carboxylic acids is 2. The Balaban J connectivity index is 0.000000469. The molecule has 166 valence electrons. The first-order valence-electron chi connectivity index (χ1n) is 10.4. The number of hydrogen-bond acceptors (Lipinski definition) is 5. The number of amides is 1. The largest absolute Gasteiger partial charge is 0.473 e. The van der Waals surface area contributed by atoms with Crippen LogP contribution >= 0.6 is 11.8 Å². The molecule has 2 aliphatic heterocycles. The van der Waals surface area contributed by atoms with Crippen molar-refractivity contribution in [1.29, 1.82) is 0 Å². The highest BCUT2D eigenvalue weighted by atomic mass is 32.2. The maximum absolute atomic E-state index is 12.7. The van der Waals surface area contributed by atoms with Gasteiger partial charge in [-0.25, -0.2) is 9.59 Å². The van der Waals surface area contributed by atoms with Gasteiger partial charge in [0.2, 0.25) is 5.91 Å². The van der Waals surface area contributed by atoms with E-state index in [1.54, 1.807) is 11.8 Å². The van der Waals surface area contributed by atoms with Crippen molar-refractivity contribution in [3.05, 3.63) is 29.8 Å². The number of rotatable bonds is 4. The Hall–Kier alpha value is -2.06. The predicted octanol–water partition coefficient (Wildman–Crippen LogP) is 3.03. The van der Waals surface area contributed by atoms with Crippen molar-refractivity contribution in [1.82, 2.24) is 9.80 Å². The molecule has 1 aromatic carbocycles.